The lowest BCUT2D eigenvalue weighted by atomic mass is 9.86. The molecule has 0 bridgehead atoms. The SMILES string of the molecule is COc1cccc(C2(O)CCCN(C=O)C2)c1. The Hall–Kier alpha value is -1.55. The van der Waals surface area contributed by atoms with E-state index in [0.29, 0.717) is 13.0 Å². The predicted molar refractivity (Wildman–Crippen MR) is 63.8 cm³/mol. The number of amides is 1. The minimum absolute atomic E-state index is 0.351. The van der Waals surface area contributed by atoms with Crippen LogP contribution < -0.4 is 4.74 Å². The molecular weight excluding hydrogens is 218 g/mol. The number of aliphatic hydroxyl groups is 1. The molecule has 92 valence electrons. The predicted octanol–water partition coefficient (Wildman–Crippen LogP) is 1.14. The van der Waals surface area contributed by atoms with Crippen molar-refractivity contribution in [3.05, 3.63) is 29.8 Å². The highest BCUT2D eigenvalue weighted by atomic mass is 16.5. The summed E-state index contributed by atoms with van der Waals surface area (Å²) in [5.74, 6) is 0.721. The number of hydrogen-bond donors (Lipinski definition) is 1. The third-order valence-corrected chi connectivity index (χ3v) is 3.26. The number of carbonyl (C=O) groups is 1. The molecule has 1 unspecified atom stereocenters. The molecule has 1 heterocycles. The van der Waals surface area contributed by atoms with Gasteiger partial charge in [0, 0.05) is 6.54 Å². The number of benzene rings is 1. The highest BCUT2D eigenvalue weighted by Gasteiger charge is 2.34. The number of ether oxygens (including phenoxy) is 1. The number of β-amino-alcohol motifs (C(OH)–C–C–N with tert-alkyl or cyclic N) is 1. The van der Waals surface area contributed by atoms with E-state index in [0.717, 1.165) is 30.7 Å². The van der Waals surface area contributed by atoms with Gasteiger partial charge in [0.25, 0.3) is 0 Å². The highest BCUT2D eigenvalue weighted by Crippen LogP contribution is 2.32. The molecule has 1 aliphatic rings. The summed E-state index contributed by atoms with van der Waals surface area (Å²) in [6.07, 6.45) is 2.28. The number of methoxy groups -OCH3 is 1. The van der Waals surface area contributed by atoms with Crippen molar-refractivity contribution in [2.24, 2.45) is 0 Å². The molecule has 1 N–H and O–H groups in total. The van der Waals surface area contributed by atoms with Crippen LogP contribution in [0.15, 0.2) is 24.3 Å². The summed E-state index contributed by atoms with van der Waals surface area (Å²) in [6, 6.07) is 7.39. The molecule has 0 radical (unpaired) electrons. The van der Waals surface area contributed by atoms with Gasteiger partial charge in [-0.15, -0.1) is 0 Å². The van der Waals surface area contributed by atoms with Gasteiger partial charge in [-0.25, -0.2) is 0 Å². The first-order chi connectivity index (χ1) is 8.18. The van der Waals surface area contributed by atoms with E-state index in [4.69, 9.17) is 4.74 Å². The van der Waals surface area contributed by atoms with Gasteiger partial charge in [-0.05, 0) is 30.5 Å². The molecule has 0 aromatic heterocycles. The molecule has 1 saturated heterocycles. The second-order valence-electron chi connectivity index (χ2n) is 4.44. The van der Waals surface area contributed by atoms with Gasteiger partial charge in [-0.2, -0.15) is 0 Å². The third kappa shape index (κ3) is 2.42. The van der Waals surface area contributed by atoms with Crippen molar-refractivity contribution in [1.29, 1.82) is 0 Å². The van der Waals surface area contributed by atoms with Crippen molar-refractivity contribution in [2.45, 2.75) is 18.4 Å². The van der Waals surface area contributed by atoms with Crippen LogP contribution >= 0.6 is 0 Å². The zero-order chi connectivity index (χ0) is 12.3. The third-order valence-electron chi connectivity index (χ3n) is 3.26. The van der Waals surface area contributed by atoms with Gasteiger partial charge in [0.1, 0.15) is 11.4 Å². The number of nitrogens with zero attached hydrogens (tertiary/aromatic N) is 1. The molecule has 0 aliphatic carbocycles. The molecule has 1 aromatic carbocycles. The Kier molecular flexibility index (Phi) is 3.33. The molecule has 4 heteroatoms. The number of hydrogen-bond acceptors (Lipinski definition) is 3. The summed E-state index contributed by atoms with van der Waals surface area (Å²) in [4.78, 5) is 12.4. The molecule has 1 aromatic rings. The van der Waals surface area contributed by atoms with E-state index in [1.807, 2.05) is 24.3 Å². The maximum Gasteiger partial charge on any atom is 0.209 e. The number of likely N-dealkylation sites (tertiary alicyclic amines) is 1. The standard InChI is InChI=1S/C13H17NO3/c1-17-12-5-2-4-11(8-12)13(16)6-3-7-14(9-13)10-15/h2,4-5,8,10,16H,3,6-7,9H2,1H3. The summed E-state index contributed by atoms with van der Waals surface area (Å²) >= 11 is 0. The smallest absolute Gasteiger partial charge is 0.209 e. The molecule has 17 heavy (non-hydrogen) atoms. The summed E-state index contributed by atoms with van der Waals surface area (Å²) in [6.45, 7) is 1.07. The van der Waals surface area contributed by atoms with Crippen molar-refractivity contribution in [1.82, 2.24) is 4.90 Å². The van der Waals surface area contributed by atoms with E-state index >= 15 is 0 Å². The first-order valence-electron chi connectivity index (χ1n) is 5.74. The molecule has 1 amide bonds. The first kappa shape index (κ1) is 11.9. The second kappa shape index (κ2) is 4.75. The summed E-state index contributed by atoms with van der Waals surface area (Å²) in [5.41, 5.74) is -0.142. The van der Waals surface area contributed by atoms with Crippen LogP contribution in [0.5, 0.6) is 5.75 Å². The average molecular weight is 235 g/mol. The van der Waals surface area contributed by atoms with Crippen LogP contribution in [0, 0.1) is 0 Å². The quantitative estimate of drug-likeness (QED) is 0.799. The van der Waals surface area contributed by atoms with Gasteiger partial charge in [0.05, 0.1) is 13.7 Å². The molecule has 1 atom stereocenters. The number of piperidine rings is 1. The monoisotopic (exact) mass is 235 g/mol. The topological polar surface area (TPSA) is 49.8 Å². The normalized spacial score (nSPS) is 24.5. The van der Waals surface area contributed by atoms with Crippen LogP contribution in [0.25, 0.3) is 0 Å². The Labute approximate surface area is 101 Å². The van der Waals surface area contributed by atoms with E-state index in [1.165, 1.54) is 0 Å². The fourth-order valence-corrected chi connectivity index (χ4v) is 2.31. The van der Waals surface area contributed by atoms with E-state index < -0.39 is 5.60 Å². The van der Waals surface area contributed by atoms with E-state index in [1.54, 1.807) is 12.0 Å². The second-order valence-corrected chi connectivity index (χ2v) is 4.44. The van der Waals surface area contributed by atoms with Crippen LogP contribution in [-0.2, 0) is 10.4 Å². The van der Waals surface area contributed by atoms with Crippen molar-refractivity contribution in [3.63, 3.8) is 0 Å². The van der Waals surface area contributed by atoms with Crippen molar-refractivity contribution in [2.75, 3.05) is 20.2 Å². The van der Waals surface area contributed by atoms with Gasteiger partial charge in [-0.3, -0.25) is 4.79 Å². The zero-order valence-electron chi connectivity index (χ0n) is 9.93. The minimum atomic E-state index is -0.951. The molecule has 1 fully saturated rings. The first-order valence-corrected chi connectivity index (χ1v) is 5.74. The Morgan fingerprint density at radius 1 is 1.53 bits per heavy atom. The molecule has 2 rings (SSSR count). The van der Waals surface area contributed by atoms with Crippen molar-refractivity contribution < 1.29 is 14.6 Å². The maximum absolute atomic E-state index is 10.8. The molecule has 0 saturated carbocycles. The largest absolute Gasteiger partial charge is 0.497 e. The molecule has 0 spiro atoms. The Bertz CT molecular complexity index is 407. The molecule has 1 aliphatic heterocycles. The van der Waals surface area contributed by atoms with Gasteiger partial charge in [0.2, 0.25) is 6.41 Å². The van der Waals surface area contributed by atoms with Crippen LogP contribution in [0.1, 0.15) is 18.4 Å². The fourth-order valence-electron chi connectivity index (χ4n) is 2.31. The van der Waals surface area contributed by atoms with Crippen LogP contribution in [-0.4, -0.2) is 36.6 Å². The van der Waals surface area contributed by atoms with Crippen LogP contribution in [0.4, 0.5) is 0 Å². The average Bonchev–Trinajstić information content (AvgIpc) is 2.39. The van der Waals surface area contributed by atoms with Gasteiger partial charge >= 0.3 is 0 Å². The Morgan fingerprint density at radius 2 is 2.35 bits per heavy atom. The van der Waals surface area contributed by atoms with Crippen LogP contribution in [0.3, 0.4) is 0 Å². The maximum atomic E-state index is 10.8. The Balaban J connectivity index is 2.26. The fraction of sp³-hybridized carbons (Fsp3) is 0.462. The van der Waals surface area contributed by atoms with E-state index in [9.17, 15) is 9.90 Å². The zero-order valence-corrected chi connectivity index (χ0v) is 9.93. The summed E-state index contributed by atoms with van der Waals surface area (Å²) in [5, 5.41) is 10.6. The van der Waals surface area contributed by atoms with E-state index in [-0.39, 0.29) is 0 Å². The summed E-state index contributed by atoms with van der Waals surface area (Å²) < 4.78 is 5.15. The molecule has 4 nitrogen and oxygen atoms in total. The highest BCUT2D eigenvalue weighted by molar-refractivity contribution is 5.48. The lowest BCUT2D eigenvalue weighted by Gasteiger charge is -2.37. The summed E-state index contributed by atoms with van der Waals surface area (Å²) in [7, 11) is 1.60. The minimum Gasteiger partial charge on any atom is -0.497 e. The van der Waals surface area contributed by atoms with Gasteiger partial charge in [-0.1, -0.05) is 12.1 Å². The molecular formula is C13H17NO3. The lowest BCUT2D eigenvalue weighted by Crippen LogP contribution is -2.45. The van der Waals surface area contributed by atoms with Crippen molar-refractivity contribution in [3.8, 4) is 5.75 Å². The van der Waals surface area contributed by atoms with Crippen LogP contribution in [0.2, 0.25) is 0 Å². The van der Waals surface area contributed by atoms with Gasteiger partial charge < -0.3 is 14.7 Å². The van der Waals surface area contributed by atoms with E-state index in [2.05, 4.69) is 0 Å². The Morgan fingerprint density at radius 3 is 3.06 bits per heavy atom. The number of carbonyl (C=O) groups excluding carboxylic acids is 1. The lowest BCUT2D eigenvalue weighted by molar-refractivity contribution is -0.125. The van der Waals surface area contributed by atoms with Crippen molar-refractivity contribution >= 4 is 6.41 Å². The number of rotatable bonds is 3. The van der Waals surface area contributed by atoms with Gasteiger partial charge in [0.15, 0.2) is 0 Å².